The fourth-order valence-electron chi connectivity index (χ4n) is 1.99. The van der Waals surface area contributed by atoms with Gasteiger partial charge in [-0.05, 0) is 31.5 Å². The van der Waals surface area contributed by atoms with E-state index < -0.39 is 0 Å². The number of amides is 1. The highest BCUT2D eigenvalue weighted by atomic mass is 79.9. The fraction of sp³-hybridized carbons (Fsp3) is 0.533. The van der Waals surface area contributed by atoms with Gasteiger partial charge in [0.05, 0.1) is 5.56 Å². The Balaban J connectivity index is 2.45. The van der Waals surface area contributed by atoms with Crippen LogP contribution in [0.1, 0.15) is 56.3 Å². The largest absolute Gasteiger partial charge is 0.398 e. The van der Waals surface area contributed by atoms with Gasteiger partial charge < -0.3 is 11.1 Å². The highest BCUT2D eigenvalue weighted by molar-refractivity contribution is 9.10. The van der Waals surface area contributed by atoms with Crippen molar-refractivity contribution in [2.45, 2.75) is 52.0 Å². The zero-order valence-electron chi connectivity index (χ0n) is 11.7. The molecule has 0 aliphatic rings. The summed E-state index contributed by atoms with van der Waals surface area (Å²) >= 11 is 3.33. The van der Waals surface area contributed by atoms with Crippen LogP contribution in [-0.2, 0) is 0 Å². The van der Waals surface area contributed by atoms with Gasteiger partial charge in [0.2, 0.25) is 0 Å². The summed E-state index contributed by atoms with van der Waals surface area (Å²) in [5.41, 5.74) is 6.90. The molecule has 0 saturated heterocycles. The van der Waals surface area contributed by atoms with E-state index in [1.54, 1.807) is 12.1 Å². The van der Waals surface area contributed by atoms with E-state index >= 15 is 0 Å². The van der Waals surface area contributed by atoms with Gasteiger partial charge in [0, 0.05) is 16.2 Å². The maximum atomic E-state index is 12.1. The Labute approximate surface area is 124 Å². The highest BCUT2D eigenvalue weighted by Crippen LogP contribution is 2.18. The zero-order valence-corrected chi connectivity index (χ0v) is 13.3. The molecule has 3 N–H and O–H groups in total. The van der Waals surface area contributed by atoms with E-state index in [1.807, 2.05) is 13.0 Å². The van der Waals surface area contributed by atoms with E-state index in [1.165, 1.54) is 19.3 Å². The second kappa shape index (κ2) is 8.20. The first-order valence-corrected chi connectivity index (χ1v) is 7.69. The molecule has 19 heavy (non-hydrogen) atoms. The van der Waals surface area contributed by atoms with Crippen molar-refractivity contribution in [3.05, 3.63) is 28.2 Å². The molecule has 4 heteroatoms. The van der Waals surface area contributed by atoms with Crippen LogP contribution in [-0.4, -0.2) is 11.9 Å². The molecule has 0 bridgehead atoms. The minimum atomic E-state index is -0.0898. The molecule has 1 atom stereocenters. The molecule has 1 unspecified atom stereocenters. The van der Waals surface area contributed by atoms with Crippen LogP contribution >= 0.6 is 15.9 Å². The van der Waals surface area contributed by atoms with Gasteiger partial charge >= 0.3 is 0 Å². The zero-order chi connectivity index (χ0) is 14.3. The molecular formula is C15H23BrN2O. The number of hydrogen-bond donors (Lipinski definition) is 2. The molecule has 1 aromatic carbocycles. The van der Waals surface area contributed by atoms with Gasteiger partial charge in [0.25, 0.3) is 5.91 Å². The van der Waals surface area contributed by atoms with Crippen molar-refractivity contribution >= 4 is 27.5 Å². The molecule has 1 amide bonds. The number of unbranched alkanes of at least 4 members (excludes halogenated alkanes) is 3. The normalized spacial score (nSPS) is 12.2. The first-order chi connectivity index (χ1) is 9.04. The number of rotatable bonds is 7. The Kier molecular flexibility index (Phi) is 6.92. The molecule has 0 aliphatic heterocycles. The number of nitrogen functional groups attached to an aromatic ring is 1. The lowest BCUT2D eigenvalue weighted by Gasteiger charge is -2.14. The Morgan fingerprint density at radius 1 is 1.37 bits per heavy atom. The Morgan fingerprint density at radius 2 is 2.11 bits per heavy atom. The molecule has 0 spiro atoms. The van der Waals surface area contributed by atoms with Gasteiger partial charge in [0.15, 0.2) is 0 Å². The number of hydrogen-bond acceptors (Lipinski definition) is 2. The van der Waals surface area contributed by atoms with Crippen LogP contribution in [0.15, 0.2) is 22.7 Å². The van der Waals surface area contributed by atoms with E-state index in [9.17, 15) is 4.79 Å². The lowest BCUT2D eigenvalue weighted by atomic mass is 10.1. The maximum absolute atomic E-state index is 12.1. The smallest absolute Gasteiger partial charge is 0.253 e. The average Bonchev–Trinajstić information content (AvgIpc) is 2.34. The molecule has 1 rings (SSSR count). The summed E-state index contributed by atoms with van der Waals surface area (Å²) in [6, 6.07) is 5.52. The quantitative estimate of drug-likeness (QED) is 0.585. The van der Waals surface area contributed by atoms with Crippen LogP contribution in [0.5, 0.6) is 0 Å². The number of nitrogens with one attached hydrogen (secondary N) is 1. The second-order valence-corrected chi connectivity index (χ2v) is 5.87. The SMILES string of the molecule is CCCCCCC(C)NC(=O)c1ccc(Br)cc1N. The topological polar surface area (TPSA) is 55.1 Å². The summed E-state index contributed by atoms with van der Waals surface area (Å²) in [4.78, 5) is 12.1. The highest BCUT2D eigenvalue weighted by Gasteiger charge is 2.12. The molecule has 0 radical (unpaired) electrons. The average molecular weight is 327 g/mol. The molecular weight excluding hydrogens is 304 g/mol. The monoisotopic (exact) mass is 326 g/mol. The number of halogens is 1. The van der Waals surface area contributed by atoms with Gasteiger partial charge in [-0.2, -0.15) is 0 Å². The van der Waals surface area contributed by atoms with Crippen molar-refractivity contribution in [3.63, 3.8) is 0 Å². The summed E-state index contributed by atoms with van der Waals surface area (Å²) in [5, 5.41) is 3.00. The van der Waals surface area contributed by atoms with Crippen molar-refractivity contribution in [2.24, 2.45) is 0 Å². The first kappa shape index (κ1) is 16.0. The van der Waals surface area contributed by atoms with E-state index in [4.69, 9.17) is 5.73 Å². The molecule has 106 valence electrons. The summed E-state index contributed by atoms with van der Waals surface area (Å²) in [6.07, 6.45) is 5.90. The second-order valence-electron chi connectivity index (χ2n) is 4.96. The predicted molar refractivity (Wildman–Crippen MR) is 84.2 cm³/mol. The first-order valence-electron chi connectivity index (χ1n) is 6.90. The van der Waals surface area contributed by atoms with E-state index in [0.717, 1.165) is 17.3 Å². The third-order valence-electron chi connectivity index (χ3n) is 3.13. The van der Waals surface area contributed by atoms with Crippen LogP contribution in [0.2, 0.25) is 0 Å². The van der Waals surface area contributed by atoms with Crippen molar-refractivity contribution in [1.82, 2.24) is 5.32 Å². The van der Waals surface area contributed by atoms with Crippen molar-refractivity contribution in [1.29, 1.82) is 0 Å². The standard InChI is InChI=1S/C15H23BrN2O/c1-3-4-5-6-7-11(2)18-15(19)13-9-8-12(16)10-14(13)17/h8-11H,3-7,17H2,1-2H3,(H,18,19). The van der Waals surface area contributed by atoms with Crippen molar-refractivity contribution in [2.75, 3.05) is 5.73 Å². The Bertz CT molecular complexity index is 421. The maximum Gasteiger partial charge on any atom is 0.253 e. The summed E-state index contributed by atoms with van der Waals surface area (Å²) in [6.45, 7) is 4.24. The van der Waals surface area contributed by atoms with Gasteiger partial charge in [-0.3, -0.25) is 4.79 Å². The molecule has 1 aromatic rings. The molecule has 0 heterocycles. The number of nitrogens with two attached hydrogens (primary N) is 1. The Hall–Kier alpha value is -1.03. The molecule has 0 saturated carbocycles. The van der Waals surface area contributed by atoms with Gasteiger partial charge in [-0.25, -0.2) is 0 Å². The molecule has 0 fully saturated rings. The lowest BCUT2D eigenvalue weighted by Crippen LogP contribution is -2.32. The number of carbonyl (C=O) groups excluding carboxylic acids is 1. The summed E-state index contributed by atoms with van der Waals surface area (Å²) in [5.74, 6) is -0.0898. The number of carbonyl (C=O) groups is 1. The van der Waals surface area contributed by atoms with E-state index in [-0.39, 0.29) is 11.9 Å². The molecule has 0 aromatic heterocycles. The predicted octanol–water partition coefficient (Wildman–Crippen LogP) is 4.12. The third kappa shape index (κ3) is 5.64. The minimum Gasteiger partial charge on any atom is -0.398 e. The van der Waals surface area contributed by atoms with Crippen molar-refractivity contribution < 1.29 is 4.79 Å². The molecule has 3 nitrogen and oxygen atoms in total. The van der Waals surface area contributed by atoms with Crippen LogP contribution in [0.3, 0.4) is 0 Å². The third-order valence-corrected chi connectivity index (χ3v) is 3.62. The van der Waals surface area contributed by atoms with E-state index in [0.29, 0.717) is 11.3 Å². The van der Waals surface area contributed by atoms with E-state index in [2.05, 4.69) is 28.2 Å². The summed E-state index contributed by atoms with van der Waals surface area (Å²) in [7, 11) is 0. The van der Waals surface area contributed by atoms with Crippen LogP contribution in [0.25, 0.3) is 0 Å². The van der Waals surface area contributed by atoms with Crippen LogP contribution in [0.4, 0.5) is 5.69 Å². The minimum absolute atomic E-state index is 0.0898. The lowest BCUT2D eigenvalue weighted by molar-refractivity contribution is 0.0939. The number of anilines is 1. The van der Waals surface area contributed by atoms with Crippen molar-refractivity contribution in [3.8, 4) is 0 Å². The summed E-state index contributed by atoms with van der Waals surface area (Å²) < 4.78 is 0.883. The Morgan fingerprint density at radius 3 is 2.74 bits per heavy atom. The van der Waals surface area contributed by atoms with Gasteiger partial charge in [-0.15, -0.1) is 0 Å². The number of benzene rings is 1. The van der Waals surface area contributed by atoms with Gasteiger partial charge in [0.1, 0.15) is 0 Å². The molecule has 0 aliphatic carbocycles. The van der Waals surface area contributed by atoms with Gasteiger partial charge in [-0.1, -0.05) is 48.5 Å². The fourth-order valence-corrected chi connectivity index (χ4v) is 2.37. The van der Waals surface area contributed by atoms with Crippen LogP contribution < -0.4 is 11.1 Å². The van der Waals surface area contributed by atoms with Crippen LogP contribution in [0, 0.1) is 0 Å².